The summed E-state index contributed by atoms with van der Waals surface area (Å²) in [7, 11) is -3.20. The Labute approximate surface area is 166 Å². The lowest BCUT2D eigenvalue weighted by molar-refractivity contribution is 0.0994. The van der Waals surface area contributed by atoms with Crippen molar-refractivity contribution < 1.29 is 14.4 Å². The Balaban J connectivity index is 2.14. The van der Waals surface area contributed by atoms with Crippen LogP contribution in [-0.2, 0) is 0 Å². The van der Waals surface area contributed by atoms with E-state index in [4.69, 9.17) is 0 Å². The molecule has 0 amide bonds. The molecule has 3 aromatic rings. The minimum Gasteiger partial charge on any atom is -0.299 e. The van der Waals surface area contributed by atoms with Crippen molar-refractivity contribution in [2.24, 2.45) is 0 Å². The minimum absolute atomic E-state index is 0.320. The molecule has 3 nitrogen and oxygen atoms in total. The summed E-state index contributed by atoms with van der Waals surface area (Å²) in [4.78, 5) is 40.3. The molecular weight excluding hydrogens is 364 g/mol. The predicted octanol–water partition coefficient (Wildman–Crippen LogP) is 4.41. The zero-order valence-corrected chi connectivity index (χ0v) is 17.4. The van der Waals surface area contributed by atoms with Gasteiger partial charge < -0.3 is 0 Å². The third kappa shape index (κ3) is 3.78. The predicted molar refractivity (Wildman–Crippen MR) is 114 cm³/mol. The number of rotatable bonds is 6. The molecule has 0 aromatic heterocycles. The first-order valence-electron chi connectivity index (χ1n) is 9.21. The molecule has 0 N–H and O–H groups in total. The van der Waals surface area contributed by atoms with E-state index in [2.05, 4.69) is 0 Å². The number of benzene rings is 3. The molecule has 0 atom stereocenters. The van der Waals surface area contributed by atoms with E-state index >= 15 is 0 Å². The highest BCUT2D eigenvalue weighted by atomic mass is 28.3. The molecule has 0 saturated heterocycles. The SMILES string of the molecule is Cc1ccccc1C(=O)[SiH](C(=O)c1ccccc1C)C(=O)c1ccccc1C. The molecule has 4 heteroatoms. The summed E-state index contributed by atoms with van der Waals surface area (Å²) in [6.07, 6.45) is 0. The van der Waals surface area contributed by atoms with E-state index in [1.54, 1.807) is 36.4 Å². The van der Waals surface area contributed by atoms with Gasteiger partial charge in [0.2, 0.25) is 0 Å². The van der Waals surface area contributed by atoms with Gasteiger partial charge in [0.15, 0.2) is 16.2 Å². The molecule has 0 fully saturated rings. The third-order valence-corrected chi connectivity index (χ3v) is 7.52. The number of hydrogen-bond donors (Lipinski definition) is 0. The molecule has 0 heterocycles. The van der Waals surface area contributed by atoms with E-state index in [-0.39, 0.29) is 16.2 Å². The zero-order valence-electron chi connectivity index (χ0n) is 16.2. The van der Waals surface area contributed by atoms with Gasteiger partial charge in [-0.25, -0.2) is 0 Å². The van der Waals surface area contributed by atoms with Crippen LogP contribution in [0.5, 0.6) is 0 Å². The summed E-state index contributed by atoms with van der Waals surface area (Å²) in [6.45, 7) is 5.49. The van der Waals surface area contributed by atoms with Crippen molar-refractivity contribution >= 4 is 25.0 Å². The van der Waals surface area contributed by atoms with E-state index in [1.807, 2.05) is 57.2 Å². The van der Waals surface area contributed by atoms with Crippen LogP contribution in [0.3, 0.4) is 0 Å². The summed E-state index contributed by atoms with van der Waals surface area (Å²) in [5.41, 5.74) is 3.72. The average Bonchev–Trinajstić information content (AvgIpc) is 2.69. The molecule has 0 aliphatic heterocycles. The third-order valence-electron chi connectivity index (χ3n) is 5.02. The number of aryl methyl sites for hydroxylation is 3. The van der Waals surface area contributed by atoms with Crippen LogP contribution in [0.15, 0.2) is 72.8 Å². The van der Waals surface area contributed by atoms with Crippen LogP contribution in [0.2, 0.25) is 0 Å². The summed E-state index contributed by atoms with van der Waals surface area (Å²) >= 11 is 0. The highest BCUT2D eigenvalue weighted by Crippen LogP contribution is 2.19. The van der Waals surface area contributed by atoms with Crippen LogP contribution in [0, 0.1) is 20.8 Å². The van der Waals surface area contributed by atoms with Crippen LogP contribution < -0.4 is 0 Å². The standard InChI is InChI=1S/C24H22O3Si/c1-16-10-4-7-13-19(16)22(25)28(23(26)20-14-8-5-11-17(20)2)24(27)21-15-9-6-12-18(21)3/h4-15,28H,1-3H3. The first kappa shape index (κ1) is 19.6. The fourth-order valence-electron chi connectivity index (χ4n) is 3.37. The largest absolute Gasteiger partial charge is 0.299 e. The van der Waals surface area contributed by atoms with Crippen molar-refractivity contribution in [2.45, 2.75) is 20.8 Å². The van der Waals surface area contributed by atoms with Gasteiger partial charge in [0.25, 0.3) is 8.80 Å². The maximum atomic E-state index is 13.4. The van der Waals surface area contributed by atoms with Crippen LogP contribution >= 0.6 is 0 Å². The van der Waals surface area contributed by atoms with Crippen molar-refractivity contribution in [1.82, 2.24) is 0 Å². The van der Waals surface area contributed by atoms with Gasteiger partial charge in [-0.2, -0.15) is 0 Å². The Morgan fingerprint density at radius 1 is 0.500 bits per heavy atom. The first-order chi connectivity index (χ1) is 13.4. The molecule has 0 unspecified atom stereocenters. The number of hydrogen-bond acceptors (Lipinski definition) is 3. The fraction of sp³-hybridized carbons (Fsp3) is 0.125. The smallest absolute Gasteiger partial charge is 0.284 e. The van der Waals surface area contributed by atoms with Crippen molar-refractivity contribution in [3.8, 4) is 0 Å². The molecule has 28 heavy (non-hydrogen) atoms. The van der Waals surface area contributed by atoms with Gasteiger partial charge in [-0.3, -0.25) is 14.4 Å². The van der Waals surface area contributed by atoms with E-state index in [0.717, 1.165) is 16.7 Å². The van der Waals surface area contributed by atoms with E-state index in [1.165, 1.54) is 0 Å². The van der Waals surface area contributed by atoms with Gasteiger partial charge in [0, 0.05) is 16.7 Å². The maximum absolute atomic E-state index is 13.4. The molecular formula is C24H22O3Si. The second kappa shape index (κ2) is 8.27. The first-order valence-corrected chi connectivity index (χ1v) is 10.9. The monoisotopic (exact) mass is 386 g/mol. The molecule has 0 spiro atoms. The van der Waals surface area contributed by atoms with E-state index < -0.39 is 8.80 Å². The van der Waals surface area contributed by atoms with Gasteiger partial charge in [-0.05, 0) is 37.5 Å². The Kier molecular flexibility index (Phi) is 5.80. The topological polar surface area (TPSA) is 51.2 Å². The summed E-state index contributed by atoms with van der Waals surface area (Å²) < 4.78 is 0. The van der Waals surface area contributed by atoms with Crippen LogP contribution in [0.4, 0.5) is 0 Å². The Hall–Kier alpha value is -3.11. The summed E-state index contributed by atoms with van der Waals surface area (Å²) in [5, 5.41) is -0.959. The second-order valence-corrected chi connectivity index (χ2v) is 9.41. The maximum Gasteiger partial charge on any atom is 0.284 e. The molecule has 140 valence electrons. The molecule has 0 radical (unpaired) electrons. The van der Waals surface area contributed by atoms with Gasteiger partial charge >= 0.3 is 0 Å². The number of carbonyl (C=O) groups is 3. The highest BCUT2D eigenvalue weighted by Gasteiger charge is 2.39. The van der Waals surface area contributed by atoms with Crippen LogP contribution in [-0.4, -0.2) is 25.0 Å². The molecule has 0 bridgehead atoms. The van der Waals surface area contributed by atoms with E-state index in [0.29, 0.717) is 16.7 Å². The lowest BCUT2D eigenvalue weighted by Crippen LogP contribution is -2.44. The second-order valence-electron chi connectivity index (χ2n) is 6.97. The van der Waals surface area contributed by atoms with Gasteiger partial charge in [-0.1, -0.05) is 72.8 Å². The van der Waals surface area contributed by atoms with Crippen molar-refractivity contribution in [1.29, 1.82) is 0 Å². The molecule has 0 aliphatic rings. The minimum atomic E-state index is -3.20. The Bertz CT molecular complexity index is 932. The fourth-order valence-corrected chi connectivity index (χ4v) is 5.99. The Morgan fingerprint density at radius 3 is 1.00 bits per heavy atom. The van der Waals surface area contributed by atoms with Crippen molar-refractivity contribution in [3.63, 3.8) is 0 Å². The van der Waals surface area contributed by atoms with Crippen molar-refractivity contribution in [3.05, 3.63) is 106 Å². The lowest BCUT2D eigenvalue weighted by atomic mass is 10.1. The van der Waals surface area contributed by atoms with Gasteiger partial charge in [0.1, 0.15) is 0 Å². The Morgan fingerprint density at radius 2 is 0.750 bits per heavy atom. The van der Waals surface area contributed by atoms with Crippen LogP contribution in [0.25, 0.3) is 0 Å². The quantitative estimate of drug-likeness (QED) is 0.590. The molecule has 0 aliphatic carbocycles. The highest BCUT2D eigenvalue weighted by molar-refractivity contribution is 7.31. The lowest BCUT2D eigenvalue weighted by Gasteiger charge is -2.16. The van der Waals surface area contributed by atoms with Crippen LogP contribution in [0.1, 0.15) is 47.8 Å². The van der Waals surface area contributed by atoms with Gasteiger partial charge in [-0.15, -0.1) is 0 Å². The van der Waals surface area contributed by atoms with E-state index in [9.17, 15) is 14.4 Å². The molecule has 3 aromatic carbocycles. The average molecular weight is 387 g/mol. The summed E-state index contributed by atoms with van der Waals surface area (Å²) in [6, 6.07) is 21.4. The zero-order chi connectivity index (χ0) is 20.3. The summed E-state index contributed by atoms with van der Waals surface area (Å²) in [5.74, 6) is 0. The van der Waals surface area contributed by atoms with Gasteiger partial charge in [0.05, 0.1) is 0 Å². The molecule has 0 saturated carbocycles. The van der Waals surface area contributed by atoms with Crippen molar-refractivity contribution in [2.75, 3.05) is 0 Å². The molecule has 3 rings (SSSR count). The number of carbonyl (C=O) groups excluding carboxylic acids is 3. The normalized spacial score (nSPS) is 10.7.